The van der Waals surface area contributed by atoms with Crippen molar-refractivity contribution in [2.75, 3.05) is 20.1 Å². The fourth-order valence-corrected chi connectivity index (χ4v) is 4.93. The highest BCUT2D eigenvalue weighted by Gasteiger charge is 2.33. The highest BCUT2D eigenvalue weighted by molar-refractivity contribution is 7.89. The summed E-state index contributed by atoms with van der Waals surface area (Å²) in [6, 6.07) is 12.9. The highest BCUT2D eigenvalue weighted by Crippen LogP contribution is 2.25. The number of nitrogens with zero attached hydrogens (tertiary/aromatic N) is 2. The van der Waals surface area contributed by atoms with Crippen LogP contribution in [0.25, 0.3) is 0 Å². The second-order valence-electron chi connectivity index (χ2n) is 7.31. The lowest BCUT2D eigenvalue weighted by Crippen LogP contribution is -2.43. The minimum absolute atomic E-state index is 0.00305. The van der Waals surface area contributed by atoms with Gasteiger partial charge in [0.25, 0.3) is 0 Å². The van der Waals surface area contributed by atoms with Gasteiger partial charge in [0.05, 0.1) is 4.90 Å². The molecule has 2 aromatic rings. The van der Waals surface area contributed by atoms with Gasteiger partial charge in [-0.05, 0) is 49.6 Å². The number of piperidine rings is 1. The summed E-state index contributed by atoms with van der Waals surface area (Å²) in [6.07, 6.45) is 0.995. The Bertz CT molecular complexity index is 919. The molecular weight excluding hydrogens is 379 g/mol. The zero-order chi connectivity index (χ0) is 20.3. The van der Waals surface area contributed by atoms with E-state index in [2.05, 4.69) is 0 Å². The number of sulfonamides is 1. The molecule has 2 aromatic carbocycles. The standard InChI is InChI=1S/C21H25FN2O3S/c1-16-3-9-20(10-4-16)28(26,27)24-13-11-18(12-14-24)21(25)23(2)15-17-5-7-19(22)8-6-17/h3-10,18H,11-15H2,1-2H3. The number of amides is 1. The second-order valence-corrected chi connectivity index (χ2v) is 9.25. The van der Waals surface area contributed by atoms with Crippen LogP contribution < -0.4 is 0 Å². The Labute approximate surface area is 165 Å². The number of carbonyl (C=O) groups excluding carboxylic acids is 1. The molecule has 7 heteroatoms. The van der Waals surface area contributed by atoms with Crippen molar-refractivity contribution in [2.45, 2.75) is 31.2 Å². The van der Waals surface area contributed by atoms with Crippen LogP contribution in [0.15, 0.2) is 53.4 Å². The summed E-state index contributed by atoms with van der Waals surface area (Å²) >= 11 is 0. The first-order valence-electron chi connectivity index (χ1n) is 9.33. The molecule has 1 fully saturated rings. The molecule has 0 aromatic heterocycles. The predicted molar refractivity (Wildman–Crippen MR) is 106 cm³/mol. The van der Waals surface area contributed by atoms with Crippen LogP contribution in [-0.2, 0) is 21.4 Å². The predicted octanol–water partition coefficient (Wildman–Crippen LogP) is 3.19. The average Bonchev–Trinajstić information content (AvgIpc) is 2.69. The number of hydrogen-bond donors (Lipinski definition) is 0. The number of halogens is 1. The van der Waals surface area contributed by atoms with Gasteiger partial charge in [-0.3, -0.25) is 4.79 Å². The van der Waals surface area contributed by atoms with Crippen LogP contribution in [0.2, 0.25) is 0 Å². The SMILES string of the molecule is Cc1ccc(S(=O)(=O)N2CCC(C(=O)N(C)Cc3ccc(F)cc3)CC2)cc1. The largest absolute Gasteiger partial charge is 0.341 e. The van der Waals surface area contributed by atoms with Crippen molar-refractivity contribution in [2.24, 2.45) is 5.92 Å². The summed E-state index contributed by atoms with van der Waals surface area (Å²) in [5, 5.41) is 0. The summed E-state index contributed by atoms with van der Waals surface area (Å²) in [6.45, 7) is 2.98. The lowest BCUT2D eigenvalue weighted by Gasteiger charge is -2.32. The molecule has 0 aliphatic carbocycles. The molecule has 1 amide bonds. The number of carbonyl (C=O) groups is 1. The van der Waals surface area contributed by atoms with Gasteiger partial charge in [-0.1, -0.05) is 29.8 Å². The molecule has 1 aliphatic rings. The third kappa shape index (κ3) is 4.59. The van der Waals surface area contributed by atoms with Crippen LogP contribution in [0.1, 0.15) is 24.0 Å². The first-order valence-corrected chi connectivity index (χ1v) is 10.8. The van der Waals surface area contributed by atoms with E-state index in [1.165, 1.54) is 16.4 Å². The van der Waals surface area contributed by atoms with E-state index in [1.807, 2.05) is 6.92 Å². The van der Waals surface area contributed by atoms with E-state index in [9.17, 15) is 17.6 Å². The number of benzene rings is 2. The maximum absolute atomic E-state index is 13.0. The number of aryl methyl sites for hydroxylation is 1. The van der Waals surface area contributed by atoms with Crippen molar-refractivity contribution in [3.05, 3.63) is 65.5 Å². The van der Waals surface area contributed by atoms with Crippen molar-refractivity contribution in [1.82, 2.24) is 9.21 Å². The smallest absolute Gasteiger partial charge is 0.243 e. The Hall–Kier alpha value is -2.25. The first-order chi connectivity index (χ1) is 13.3. The van der Waals surface area contributed by atoms with Gasteiger partial charge in [0.1, 0.15) is 5.82 Å². The van der Waals surface area contributed by atoms with Crippen molar-refractivity contribution in [3.63, 3.8) is 0 Å². The fourth-order valence-electron chi connectivity index (χ4n) is 3.46. The summed E-state index contributed by atoms with van der Waals surface area (Å²) in [5.41, 5.74) is 1.86. The van der Waals surface area contributed by atoms with Gasteiger partial charge < -0.3 is 4.90 Å². The maximum Gasteiger partial charge on any atom is 0.243 e. The molecule has 5 nitrogen and oxygen atoms in total. The maximum atomic E-state index is 13.0. The van der Waals surface area contributed by atoms with E-state index in [-0.39, 0.29) is 22.5 Å². The van der Waals surface area contributed by atoms with E-state index in [4.69, 9.17) is 0 Å². The van der Waals surface area contributed by atoms with E-state index in [1.54, 1.807) is 48.3 Å². The van der Waals surface area contributed by atoms with Crippen molar-refractivity contribution in [1.29, 1.82) is 0 Å². The van der Waals surface area contributed by atoms with E-state index in [0.29, 0.717) is 32.5 Å². The fraction of sp³-hybridized carbons (Fsp3) is 0.381. The van der Waals surface area contributed by atoms with Crippen LogP contribution >= 0.6 is 0 Å². The van der Waals surface area contributed by atoms with Gasteiger partial charge in [-0.15, -0.1) is 0 Å². The van der Waals surface area contributed by atoms with Gasteiger partial charge in [0.2, 0.25) is 15.9 Å². The third-order valence-electron chi connectivity index (χ3n) is 5.17. The molecule has 0 spiro atoms. The molecule has 0 radical (unpaired) electrons. The zero-order valence-corrected chi connectivity index (χ0v) is 17.0. The minimum Gasteiger partial charge on any atom is -0.341 e. The van der Waals surface area contributed by atoms with Crippen molar-refractivity contribution >= 4 is 15.9 Å². The topological polar surface area (TPSA) is 57.7 Å². The molecular formula is C21H25FN2O3S. The van der Waals surface area contributed by atoms with E-state index >= 15 is 0 Å². The van der Waals surface area contributed by atoms with Crippen molar-refractivity contribution < 1.29 is 17.6 Å². The Morgan fingerprint density at radius 3 is 2.21 bits per heavy atom. The first kappa shape index (κ1) is 20.5. The van der Waals surface area contributed by atoms with Crippen LogP contribution in [-0.4, -0.2) is 43.7 Å². The Morgan fingerprint density at radius 1 is 1.07 bits per heavy atom. The summed E-state index contributed by atoms with van der Waals surface area (Å²) < 4.78 is 40.0. The summed E-state index contributed by atoms with van der Waals surface area (Å²) in [4.78, 5) is 14.6. The molecule has 0 atom stereocenters. The molecule has 0 bridgehead atoms. The number of hydrogen-bond acceptors (Lipinski definition) is 3. The average molecular weight is 405 g/mol. The Morgan fingerprint density at radius 2 is 1.64 bits per heavy atom. The molecule has 0 saturated carbocycles. The normalized spacial score (nSPS) is 16.1. The highest BCUT2D eigenvalue weighted by atomic mass is 32.2. The van der Waals surface area contributed by atoms with Crippen LogP contribution in [0.3, 0.4) is 0 Å². The van der Waals surface area contributed by atoms with Gasteiger partial charge in [0.15, 0.2) is 0 Å². The zero-order valence-electron chi connectivity index (χ0n) is 16.1. The van der Waals surface area contributed by atoms with Gasteiger partial charge >= 0.3 is 0 Å². The van der Waals surface area contributed by atoms with Crippen LogP contribution in [0.4, 0.5) is 4.39 Å². The summed E-state index contributed by atoms with van der Waals surface area (Å²) in [7, 11) is -1.80. The number of rotatable bonds is 5. The molecule has 0 N–H and O–H groups in total. The molecule has 0 unspecified atom stereocenters. The third-order valence-corrected chi connectivity index (χ3v) is 7.08. The quantitative estimate of drug-likeness (QED) is 0.769. The lowest BCUT2D eigenvalue weighted by molar-refractivity contribution is -0.135. The molecule has 3 rings (SSSR count). The second kappa shape index (κ2) is 8.41. The van der Waals surface area contributed by atoms with Gasteiger partial charge in [-0.25, -0.2) is 12.8 Å². The minimum atomic E-state index is -3.53. The van der Waals surface area contributed by atoms with Gasteiger partial charge in [0, 0.05) is 32.6 Å². The summed E-state index contributed by atoms with van der Waals surface area (Å²) in [5.74, 6) is -0.508. The van der Waals surface area contributed by atoms with Crippen LogP contribution in [0.5, 0.6) is 0 Å². The Kier molecular flexibility index (Phi) is 6.15. The van der Waals surface area contributed by atoms with E-state index < -0.39 is 10.0 Å². The van der Waals surface area contributed by atoms with Crippen LogP contribution in [0, 0.1) is 18.7 Å². The van der Waals surface area contributed by atoms with Gasteiger partial charge in [-0.2, -0.15) is 4.31 Å². The Balaban J connectivity index is 1.58. The monoisotopic (exact) mass is 404 g/mol. The molecule has 150 valence electrons. The molecule has 1 heterocycles. The van der Waals surface area contributed by atoms with Crippen molar-refractivity contribution in [3.8, 4) is 0 Å². The molecule has 28 heavy (non-hydrogen) atoms. The molecule has 1 saturated heterocycles. The lowest BCUT2D eigenvalue weighted by atomic mass is 9.96. The molecule has 1 aliphatic heterocycles. The van der Waals surface area contributed by atoms with E-state index in [0.717, 1.165) is 11.1 Å².